The van der Waals surface area contributed by atoms with Crippen LogP contribution in [0.15, 0.2) is 60.7 Å². The van der Waals surface area contributed by atoms with E-state index in [1.807, 2.05) is 0 Å². The number of hydrogen-bond acceptors (Lipinski definition) is 6. The summed E-state index contributed by atoms with van der Waals surface area (Å²) in [6.45, 7) is 3.38. The van der Waals surface area contributed by atoms with Gasteiger partial charge in [0.25, 0.3) is 11.8 Å². The third-order valence-electron chi connectivity index (χ3n) is 5.00. The van der Waals surface area contributed by atoms with Gasteiger partial charge in [-0.2, -0.15) is 0 Å². The second-order valence-electron chi connectivity index (χ2n) is 7.53. The average Bonchev–Trinajstić information content (AvgIpc) is 2.82. The van der Waals surface area contributed by atoms with Crippen molar-refractivity contribution in [1.82, 2.24) is 10.6 Å². The first-order chi connectivity index (χ1) is 15.7. The van der Waals surface area contributed by atoms with Gasteiger partial charge < -0.3 is 26.2 Å². The molecule has 0 aliphatic rings. The number of hydrogen-bond donors (Lipinski definition) is 4. The molecule has 4 atom stereocenters. The molecule has 9 nitrogen and oxygen atoms in total. The standard InChI is InChI=1S/C24H29N3O6/c1-3-33-24(32)15(2)14-18(21(25)29)26-23(31)20(28)19(16-10-6-4-7-11-16)27-22(30)17-12-8-5-9-13-17/h4-13,15,18-20,28H,3,14H2,1-2H3,(H2,25,29)(H,26,31)(H,27,30)/t15-,18-,19-,20+/m0/s1. The Balaban J connectivity index is 2.19. The molecule has 2 aromatic rings. The first kappa shape index (κ1) is 25.5. The Morgan fingerprint density at radius 2 is 1.55 bits per heavy atom. The highest BCUT2D eigenvalue weighted by Gasteiger charge is 2.33. The molecule has 0 bridgehead atoms. The minimum absolute atomic E-state index is 0.0982. The number of primary amides is 1. The molecule has 0 aliphatic carbocycles. The molecular formula is C24H29N3O6. The van der Waals surface area contributed by atoms with Crippen LogP contribution in [0.3, 0.4) is 0 Å². The highest BCUT2D eigenvalue weighted by molar-refractivity contribution is 5.95. The zero-order valence-electron chi connectivity index (χ0n) is 18.6. The summed E-state index contributed by atoms with van der Waals surface area (Å²) in [6, 6.07) is 14.5. The van der Waals surface area contributed by atoms with E-state index in [4.69, 9.17) is 10.5 Å². The number of rotatable bonds is 11. The summed E-state index contributed by atoms with van der Waals surface area (Å²) in [5, 5.41) is 15.9. The van der Waals surface area contributed by atoms with Gasteiger partial charge in [-0.15, -0.1) is 0 Å². The van der Waals surface area contributed by atoms with Crippen molar-refractivity contribution in [1.29, 1.82) is 0 Å². The number of ether oxygens (including phenoxy) is 1. The van der Waals surface area contributed by atoms with Crippen LogP contribution in [0, 0.1) is 5.92 Å². The van der Waals surface area contributed by atoms with Gasteiger partial charge in [-0.25, -0.2) is 0 Å². The number of carbonyl (C=O) groups excluding carboxylic acids is 4. The highest BCUT2D eigenvalue weighted by Crippen LogP contribution is 2.19. The molecule has 0 aromatic heterocycles. The van der Waals surface area contributed by atoms with Gasteiger partial charge in [-0.3, -0.25) is 19.2 Å². The van der Waals surface area contributed by atoms with Gasteiger partial charge in [-0.05, 0) is 31.0 Å². The second-order valence-corrected chi connectivity index (χ2v) is 7.53. The Hall–Kier alpha value is -3.72. The number of benzene rings is 2. The van der Waals surface area contributed by atoms with E-state index in [1.54, 1.807) is 74.5 Å². The van der Waals surface area contributed by atoms with Crippen molar-refractivity contribution >= 4 is 23.7 Å². The Kier molecular flexibility index (Phi) is 9.56. The van der Waals surface area contributed by atoms with Crippen LogP contribution >= 0.6 is 0 Å². The summed E-state index contributed by atoms with van der Waals surface area (Å²) in [5.41, 5.74) is 6.23. The zero-order valence-corrected chi connectivity index (χ0v) is 18.6. The predicted molar refractivity (Wildman–Crippen MR) is 121 cm³/mol. The molecule has 0 radical (unpaired) electrons. The molecule has 5 N–H and O–H groups in total. The lowest BCUT2D eigenvalue weighted by atomic mass is 9.98. The van der Waals surface area contributed by atoms with E-state index in [0.717, 1.165) is 0 Å². The van der Waals surface area contributed by atoms with E-state index >= 15 is 0 Å². The molecule has 0 fully saturated rings. The normalized spacial score (nSPS) is 14.3. The van der Waals surface area contributed by atoms with Crippen LogP contribution in [0.5, 0.6) is 0 Å². The van der Waals surface area contributed by atoms with Crippen molar-refractivity contribution in [3.05, 3.63) is 71.8 Å². The first-order valence-electron chi connectivity index (χ1n) is 10.6. The van der Waals surface area contributed by atoms with Crippen molar-refractivity contribution in [2.45, 2.75) is 38.5 Å². The van der Waals surface area contributed by atoms with E-state index in [9.17, 15) is 24.3 Å². The lowest BCUT2D eigenvalue weighted by molar-refractivity contribution is -0.148. The predicted octanol–water partition coefficient (Wildman–Crippen LogP) is 1.08. The minimum Gasteiger partial charge on any atom is -0.466 e. The van der Waals surface area contributed by atoms with E-state index in [2.05, 4.69) is 10.6 Å². The summed E-state index contributed by atoms with van der Waals surface area (Å²) in [7, 11) is 0. The topological polar surface area (TPSA) is 148 Å². The molecule has 0 unspecified atom stereocenters. The first-order valence-corrected chi connectivity index (χ1v) is 10.6. The molecule has 2 rings (SSSR count). The number of amides is 3. The molecule has 176 valence electrons. The summed E-state index contributed by atoms with van der Waals surface area (Å²) in [4.78, 5) is 49.3. The highest BCUT2D eigenvalue weighted by atomic mass is 16.5. The maximum absolute atomic E-state index is 12.8. The van der Waals surface area contributed by atoms with Gasteiger partial charge in [0, 0.05) is 5.56 Å². The maximum Gasteiger partial charge on any atom is 0.308 e. The molecule has 33 heavy (non-hydrogen) atoms. The Bertz CT molecular complexity index is 951. The molecule has 9 heteroatoms. The van der Waals surface area contributed by atoms with Crippen LogP contribution in [0.2, 0.25) is 0 Å². The molecule has 0 spiro atoms. The third-order valence-corrected chi connectivity index (χ3v) is 5.00. The number of nitrogens with one attached hydrogen (secondary N) is 2. The smallest absolute Gasteiger partial charge is 0.308 e. The molecule has 0 aliphatic heterocycles. The number of esters is 1. The Morgan fingerprint density at radius 3 is 2.09 bits per heavy atom. The Labute approximate surface area is 192 Å². The molecule has 0 saturated heterocycles. The molecular weight excluding hydrogens is 426 g/mol. The largest absolute Gasteiger partial charge is 0.466 e. The van der Waals surface area contributed by atoms with Crippen LogP contribution in [0.25, 0.3) is 0 Å². The second kappa shape index (κ2) is 12.4. The van der Waals surface area contributed by atoms with Gasteiger partial charge in [0.1, 0.15) is 6.04 Å². The quantitative estimate of drug-likeness (QED) is 0.373. The van der Waals surface area contributed by atoms with Crippen LogP contribution in [-0.2, 0) is 19.1 Å². The summed E-state index contributed by atoms with van der Waals surface area (Å²) >= 11 is 0. The van der Waals surface area contributed by atoms with Crippen LogP contribution in [0.4, 0.5) is 0 Å². The fourth-order valence-electron chi connectivity index (χ4n) is 3.21. The van der Waals surface area contributed by atoms with Gasteiger partial charge in [0.05, 0.1) is 18.6 Å². The number of carbonyl (C=O) groups is 4. The van der Waals surface area contributed by atoms with Crippen LogP contribution in [-0.4, -0.2) is 47.6 Å². The van der Waals surface area contributed by atoms with Gasteiger partial charge in [-0.1, -0.05) is 55.5 Å². The van der Waals surface area contributed by atoms with E-state index < -0.39 is 47.8 Å². The van der Waals surface area contributed by atoms with E-state index in [-0.39, 0.29) is 13.0 Å². The van der Waals surface area contributed by atoms with Gasteiger partial charge in [0.2, 0.25) is 5.91 Å². The summed E-state index contributed by atoms with van der Waals surface area (Å²) < 4.78 is 4.92. The molecule has 3 amide bonds. The summed E-state index contributed by atoms with van der Waals surface area (Å²) in [5.74, 6) is -3.51. The van der Waals surface area contributed by atoms with Crippen molar-refractivity contribution in [3.8, 4) is 0 Å². The molecule has 0 saturated carbocycles. The molecule has 0 heterocycles. The van der Waals surface area contributed by atoms with Crippen LogP contribution < -0.4 is 16.4 Å². The lowest BCUT2D eigenvalue weighted by Gasteiger charge is -2.26. The van der Waals surface area contributed by atoms with Gasteiger partial charge >= 0.3 is 5.97 Å². The SMILES string of the molecule is CCOC(=O)[C@@H](C)C[C@H](NC(=O)[C@H](O)[C@@H](NC(=O)c1ccccc1)c1ccccc1)C(N)=O. The number of nitrogens with two attached hydrogens (primary N) is 1. The van der Waals surface area contributed by atoms with Crippen molar-refractivity contribution < 1.29 is 29.0 Å². The summed E-state index contributed by atoms with van der Waals surface area (Å²) in [6.07, 6.45) is -1.83. The van der Waals surface area contributed by atoms with E-state index in [1.165, 1.54) is 0 Å². The van der Waals surface area contributed by atoms with Gasteiger partial charge in [0.15, 0.2) is 6.10 Å². The van der Waals surface area contributed by atoms with Crippen LogP contribution in [0.1, 0.15) is 42.2 Å². The fourth-order valence-corrected chi connectivity index (χ4v) is 3.21. The minimum atomic E-state index is -1.74. The lowest BCUT2D eigenvalue weighted by Crippen LogP contribution is -2.52. The van der Waals surface area contributed by atoms with Crippen molar-refractivity contribution in [2.24, 2.45) is 11.7 Å². The van der Waals surface area contributed by atoms with E-state index in [0.29, 0.717) is 11.1 Å². The fraction of sp³-hybridized carbons (Fsp3) is 0.333. The zero-order chi connectivity index (χ0) is 24.4. The maximum atomic E-state index is 12.8. The van der Waals surface area contributed by atoms with Crippen molar-refractivity contribution in [3.63, 3.8) is 0 Å². The Morgan fingerprint density at radius 1 is 0.970 bits per heavy atom. The third kappa shape index (κ3) is 7.43. The van der Waals surface area contributed by atoms with Crippen molar-refractivity contribution in [2.75, 3.05) is 6.61 Å². The monoisotopic (exact) mass is 455 g/mol. The average molecular weight is 456 g/mol. The number of aliphatic hydroxyl groups excluding tert-OH is 1. The molecule has 2 aromatic carbocycles. The number of aliphatic hydroxyl groups is 1.